The molecule has 0 aliphatic carbocycles. The Kier molecular flexibility index (Phi) is 7.63. The fourth-order valence-corrected chi connectivity index (χ4v) is 4.64. The van der Waals surface area contributed by atoms with Gasteiger partial charge in [0.05, 0.1) is 0 Å². The number of hydrogen-bond acceptors (Lipinski definition) is 6. The molecule has 2 aliphatic heterocycles. The number of benzene rings is 1. The highest BCUT2D eigenvalue weighted by Crippen LogP contribution is 2.28. The average Bonchev–Trinajstić information content (AvgIpc) is 2.83. The standard InChI is InChI=1S/C24H35N7S/c1-3-12-25-24(32)28-23-26-21(18-22(27-23)31-13-8-7-9-19(31)2)30-16-14-29(15-17-30)20-10-5-4-6-11-20/h4-6,10-11,18-19H,3,7-9,12-17H2,1-2H3,(H2,25,26,27,28,32)/t19-/m0/s1. The molecule has 32 heavy (non-hydrogen) atoms. The van der Waals surface area contributed by atoms with Gasteiger partial charge in [0.2, 0.25) is 5.95 Å². The van der Waals surface area contributed by atoms with Gasteiger partial charge in [-0.1, -0.05) is 25.1 Å². The molecule has 2 saturated heterocycles. The molecule has 0 radical (unpaired) electrons. The highest BCUT2D eigenvalue weighted by Gasteiger charge is 2.24. The number of thiocarbonyl (C=S) groups is 1. The van der Waals surface area contributed by atoms with Crippen molar-refractivity contribution < 1.29 is 0 Å². The zero-order valence-electron chi connectivity index (χ0n) is 19.3. The Morgan fingerprint density at radius 2 is 1.72 bits per heavy atom. The Balaban J connectivity index is 1.53. The Morgan fingerprint density at radius 1 is 1.00 bits per heavy atom. The summed E-state index contributed by atoms with van der Waals surface area (Å²) in [4.78, 5) is 16.9. The molecule has 0 saturated carbocycles. The molecule has 0 spiro atoms. The Labute approximate surface area is 197 Å². The van der Waals surface area contributed by atoms with E-state index < -0.39 is 0 Å². The van der Waals surface area contributed by atoms with Gasteiger partial charge in [0.1, 0.15) is 11.6 Å². The Morgan fingerprint density at radius 3 is 2.44 bits per heavy atom. The minimum Gasteiger partial charge on any atom is -0.368 e. The molecule has 1 atom stereocenters. The van der Waals surface area contributed by atoms with Gasteiger partial charge in [-0.15, -0.1) is 0 Å². The Hall–Kier alpha value is -2.61. The lowest BCUT2D eigenvalue weighted by atomic mass is 10.0. The first-order valence-electron chi connectivity index (χ1n) is 11.9. The number of hydrogen-bond donors (Lipinski definition) is 2. The molecule has 0 bridgehead atoms. The summed E-state index contributed by atoms with van der Waals surface area (Å²) in [5, 5.41) is 7.02. The minimum atomic E-state index is 0.486. The monoisotopic (exact) mass is 453 g/mol. The van der Waals surface area contributed by atoms with E-state index >= 15 is 0 Å². The van der Waals surface area contributed by atoms with Crippen LogP contribution in [0.5, 0.6) is 0 Å². The van der Waals surface area contributed by atoms with Crippen LogP contribution in [0.1, 0.15) is 39.5 Å². The summed E-state index contributed by atoms with van der Waals surface area (Å²) in [5.74, 6) is 2.55. The maximum Gasteiger partial charge on any atom is 0.232 e. The number of rotatable bonds is 6. The third-order valence-electron chi connectivity index (χ3n) is 6.28. The molecule has 1 aromatic heterocycles. The third kappa shape index (κ3) is 5.59. The van der Waals surface area contributed by atoms with Crippen molar-refractivity contribution in [3.8, 4) is 0 Å². The van der Waals surface area contributed by atoms with Gasteiger partial charge in [-0.05, 0) is 57.0 Å². The van der Waals surface area contributed by atoms with Crippen LogP contribution in [0.25, 0.3) is 0 Å². The predicted molar refractivity (Wildman–Crippen MR) is 138 cm³/mol. The van der Waals surface area contributed by atoms with E-state index in [4.69, 9.17) is 22.2 Å². The fourth-order valence-electron chi connectivity index (χ4n) is 4.44. The van der Waals surface area contributed by atoms with Crippen LogP contribution < -0.4 is 25.3 Å². The second-order valence-corrected chi connectivity index (χ2v) is 9.04. The second-order valence-electron chi connectivity index (χ2n) is 8.64. The van der Waals surface area contributed by atoms with E-state index in [1.165, 1.54) is 24.9 Å². The first-order chi connectivity index (χ1) is 15.6. The number of anilines is 4. The van der Waals surface area contributed by atoms with Crippen molar-refractivity contribution in [2.24, 2.45) is 0 Å². The van der Waals surface area contributed by atoms with Crippen LogP contribution in [0.3, 0.4) is 0 Å². The fraction of sp³-hybridized carbons (Fsp3) is 0.542. The molecular formula is C24H35N7S. The van der Waals surface area contributed by atoms with Crippen LogP contribution in [0.15, 0.2) is 36.4 Å². The van der Waals surface area contributed by atoms with Crippen molar-refractivity contribution >= 4 is 40.6 Å². The smallest absolute Gasteiger partial charge is 0.232 e. The molecule has 1 aromatic carbocycles. The number of para-hydroxylation sites is 1. The summed E-state index contributed by atoms with van der Waals surface area (Å²) < 4.78 is 0. The van der Waals surface area contributed by atoms with E-state index in [2.05, 4.69) is 75.6 Å². The molecule has 0 unspecified atom stereocenters. The van der Waals surface area contributed by atoms with Crippen LogP contribution in [0, 0.1) is 0 Å². The van der Waals surface area contributed by atoms with Crippen LogP contribution in [0.2, 0.25) is 0 Å². The minimum absolute atomic E-state index is 0.486. The van der Waals surface area contributed by atoms with E-state index in [-0.39, 0.29) is 0 Å². The van der Waals surface area contributed by atoms with E-state index in [0.29, 0.717) is 17.1 Å². The van der Waals surface area contributed by atoms with Gasteiger partial charge in [0.15, 0.2) is 5.11 Å². The first-order valence-corrected chi connectivity index (χ1v) is 12.3. The van der Waals surface area contributed by atoms with Crippen LogP contribution in [-0.4, -0.2) is 60.4 Å². The van der Waals surface area contributed by atoms with Gasteiger partial charge in [-0.25, -0.2) is 0 Å². The molecule has 0 amide bonds. The van der Waals surface area contributed by atoms with Gasteiger partial charge in [-0.2, -0.15) is 9.97 Å². The third-order valence-corrected chi connectivity index (χ3v) is 6.53. The van der Waals surface area contributed by atoms with Crippen LogP contribution >= 0.6 is 12.2 Å². The molecule has 4 rings (SSSR count). The molecule has 2 aromatic rings. The maximum absolute atomic E-state index is 5.46. The normalized spacial score (nSPS) is 19.1. The number of nitrogens with one attached hydrogen (secondary N) is 2. The molecule has 8 heteroatoms. The van der Waals surface area contributed by atoms with Gasteiger partial charge in [-0.3, -0.25) is 0 Å². The number of nitrogens with zero attached hydrogens (tertiary/aromatic N) is 5. The zero-order valence-corrected chi connectivity index (χ0v) is 20.1. The van der Waals surface area contributed by atoms with Crippen molar-refractivity contribution in [3.05, 3.63) is 36.4 Å². The highest BCUT2D eigenvalue weighted by atomic mass is 32.1. The van der Waals surface area contributed by atoms with Gasteiger partial charge < -0.3 is 25.3 Å². The summed E-state index contributed by atoms with van der Waals surface area (Å²) in [6.45, 7) is 10.1. The van der Waals surface area contributed by atoms with E-state index in [0.717, 1.165) is 57.3 Å². The SMILES string of the molecule is CCCNC(=S)Nc1nc(N2CCN(c3ccccc3)CC2)cc(N2CCCC[C@@H]2C)n1. The second kappa shape index (κ2) is 10.8. The topological polar surface area (TPSA) is 59.6 Å². The van der Waals surface area contributed by atoms with E-state index in [1.54, 1.807) is 0 Å². The molecule has 7 nitrogen and oxygen atoms in total. The lowest BCUT2D eigenvalue weighted by molar-refractivity contribution is 0.481. The number of piperidine rings is 1. The summed E-state index contributed by atoms with van der Waals surface area (Å²) in [6, 6.07) is 13.3. The Bertz CT molecular complexity index is 883. The number of piperazine rings is 1. The average molecular weight is 454 g/mol. The molecule has 2 N–H and O–H groups in total. The van der Waals surface area contributed by atoms with Crippen molar-refractivity contribution in [3.63, 3.8) is 0 Å². The van der Waals surface area contributed by atoms with Crippen molar-refractivity contribution in [1.29, 1.82) is 0 Å². The van der Waals surface area contributed by atoms with E-state index in [1.807, 2.05) is 0 Å². The van der Waals surface area contributed by atoms with Crippen LogP contribution in [0.4, 0.5) is 23.3 Å². The lowest BCUT2D eigenvalue weighted by Crippen LogP contribution is -2.47. The van der Waals surface area contributed by atoms with Crippen LogP contribution in [-0.2, 0) is 0 Å². The summed E-state index contributed by atoms with van der Waals surface area (Å²) in [6.07, 6.45) is 4.71. The molecular weight excluding hydrogens is 418 g/mol. The summed E-state index contributed by atoms with van der Waals surface area (Å²) in [7, 11) is 0. The zero-order chi connectivity index (χ0) is 22.3. The maximum atomic E-state index is 5.46. The summed E-state index contributed by atoms with van der Waals surface area (Å²) in [5.41, 5.74) is 1.28. The van der Waals surface area contributed by atoms with Crippen molar-refractivity contribution in [2.75, 3.05) is 59.3 Å². The predicted octanol–water partition coefficient (Wildman–Crippen LogP) is 3.88. The largest absolute Gasteiger partial charge is 0.368 e. The van der Waals surface area contributed by atoms with Gasteiger partial charge in [0.25, 0.3) is 0 Å². The quantitative estimate of drug-likeness (QED) is 0.639. The molecule has 3 heterocycles. The molecule has 2 fully saturated rings. The molecule has 2 aliphatic rings. The van der Waals surface area contributed by atoms with Crippen molar-refractivity contribution in [1.82, 2.24) is 15.3 Å². The molecule has 172 valence electrons. The van der Waals surface area contributed by atoms with Gasteiger partial charge >= 0.3 is 0 Å². The first kappa shape index (κ1) is 22.6. The van der Waals surface area contributed by atoms with E-state index in [9.17, 15) is 0 Å². The van der Waals surface area contributed by atoms with Gasteiger partial charge in [0, 0.05) is 57.1 Å². The highest BCUT2D eigenvalue weighted by molar-refractivity contribution is 7.80. The summed E-state index contributed by atoms with van der Waals surface area (Å²) >= 11 is 5.46. The lowest BCUT2D eigenvalue weighted by Gasteiger charge is -2.38. The van der Waals surface area contributed by atoms with Crippen molar-refractivity contribution in [2.45, 2.75) is 45.6 Å². The number of aromatic nitrogens is 2.